The van der Waals surface area contributed by atoms with Crippen molar-refractivity contribution in [2.75, 3.05) is 0 Å². The van der Waals surface area contributed by atoms with Gasteiger partial charge in [-0.25, -0.2) is 16.8 Å². The number of aryl methyl sites for hydroxylation is 2. The minimum Gasteiger partial charge on any atom is -0.741 e. The van der Waals surface area contributed by atoms with Crippen LogP contribution in [0.25, 0.3) is 0 Å². The van der Waals surface area contributed by atoms with E-state index in [0.717, 1.165) is 58.4 Å². The van der Waals surface area contributed by atoms with Gasteiger partial charge in [0.2, 0.25) is 0 Å². The Labute approximate surface area is 361 Å². The molecule has 0 amide bonds. The fraction of sp³-hybridized carbons (Fsp3) is 0.167. The Bertz CT molecular complexity index is 2140. The second-order valence-corrected chi connectivity index (χ2v) is 14.0. The molecule has 0 spiro atoms. The summed E-state index contributed by atoms with van der Waals surface area (Å²) in [7, 11) is -12.2. The molecular formula is C36H32Cu2F6N6O8S2. The second kappa shape index (κ2) is 24.5. The summed E-state index contributed by atoms with van der Waals surface area (Å²) in [6.07, 6.45) is 8.79. The molecule has 60 heavy (non-hydrogen) atoms. The van der Waals surface area contributed by atoms with Gasteiger partial charge in [-0.3, -0.25) is 29.9 Å². The molecule has 0 fully saturated rings. The summed E-state index contributed by atoms with van der Waals surface area (Å²) in [4.78, 5) is 28.7. The van der Waals surface area contributed by atoms with Gasteiger partial charge in [0.25, 0.3) is 0 Å². The Morgan fingerprint density at radius 2 is 0.667 bits per heavy atom. The molecule has 24 heteroatoms. The Morgan fingerprint density at radius 3 is 0.867 bits per heavy atom. The SMILES string of the molecule is O.O.O=S(=O)([O-])C(F)(F)F.O=S(=O)([O-])C(F)(F)F.[Cu+].[Cu+].c1ccc(C(c2ccccn2)c2cccc(CCc3cccc(C(c4ccccn4)c4ccccn4)n3)n2)nc1. The van der Waals surface area contributed by atoms with Gasteiger partial charge in [-0.1, -0.05) is 36.4 Å². The van der Waals surface area contributed by atoms with Crippen molar-refractivity contribution in [2.45, 2.75) is 35.7 Å². The van der Waals surface area contributed by atoms with Crippen molar-refractivity contribution >= 4 is 20.2 Å². The van der Waals surface area contributed by atoms with Gasteiger partial charge in [-0.15, -0.1) is 0 Å². The Hall–Kier alpha value is -4.74. The molecule has 6 heterocycles. The summed E-state index contributed by atoms with van der Waals surface area (Å²) in [5.74, 6) is -0.275. The normalized spacial score (nSPS) is 11.2. The second-order valence-electron chi connectivity index (χ2n) is 11.3. The maximum Gasteiger partial charge on any atom is 1.00 e. The van der Waals surface area contributed by atoms with Crippen LogP contribution in [0.4, 0.5) is 26.3 Å². The third-order valence-electron chi connectivity index (χ3n) is 7.39. The zero-order valence-corrected chi connectivity index (χ0v) is 33.6. The first-order chi connectivity index (χ1) is 26.3. The van der Waals surface area contributed by atoms with E-state index in [-0.39, 0.29) is 56.9 Å². The van der Waals surface area contributed by atoms with Crippen LogP contribution in [0.3, 0.4) is 0 Å². The summed E-state index contributed by atoms with van der Waals surface area (Å²) < 4.78 is 118. The number of hydrogen-bond acceptors (Lipinski definition) is 12. The molecule has 0 unspecified atom stereocenters. The van der Waals surface area contributed by atoms with Crippen LogP contribution in [0.15, 0.2) is 134 Å². The molecule has 6 rings (SSSR count). The molecule has 0 aliphatic rings. The van der Waals surface area contributed by atoms with Crippen LogP contribution in [0.2, 0.25) is 0 Å². The summed E-state index contributed by atoms with van der Waals surface area (Å²) in [6, 6.07) is 36.2. The van der Waals surface area contributed by atoms with Gasteiger partial charge in [-0.05, 0) is 85.6 Å². The van der Waals surface area contributed by atoms with Gasteiger partial charge < -0.3 is 20.1 Å². The summed E-state index contributed by atoms with van der Waals surface area (Å²) in [6.45, 7) is 0. The average molecular weight is 982 g/mol. The number of rotatable bonds is 9. The van der Waals surface area contributed by atoms with Crippen molar-refractivity contribution in [3.05, 3.63) is 180 Å². The number of aromatic nitrogens is 6. The van der Waals surface area contributed by atoms with E-state index in [9.17, 15) is 26.3 Å². The van der Waals surface area contributed by atoms with Crippen LogP contribution in [0.5, 0.6) is 0 Å². The molecule has 0 aliphatic carbocycles. The maximum absolute atomic E-state index is 10.7. The van der Waals surface area contributed by atoms with Crippen LogP contribution in [0, 0.1) is 0 Å². The minimum absolute atomic E-state index is 0. The molecule has 6 aromatic rings. The number of halogens is 6. The third-order valence-corrected chi connectivity index (χ3v) is 8.52. The average Bonchev–Trinajstić information content (AvgIpc) is 3.15. The zero-order valence-electron chi connectivity index (χ0n) is 30.1. The van der Waals surface area contributed by atoms with Gasteiger partial charge in [0.1, 0.15) is 0 Å². The van der Waals surface area contributed by atoms with Crippen LogP contribution in [-0.4, -0.2) is 77.8 Å². The molecule has 0 radical (unpaired) electrons. The molecule has 4 N–H and O–H groups in total. The molecule has 330 valence electrons. The first-order valence-electron chi connectivity index (χ1n) is 15.9. The summed E-state index contributed by atoms with van der Waals surface area (Å²) in [5, 5.41) is 0. The molecule has 0 aromatic carbocycles. The van der Waals surface area contributed by atoms with Gasteiger partial charge in [0.15, 0.2) is 20.2 Å². The van der Waals surface area contributed by atoms with Crippen molar-refractivity contribution in [1.82, 2.24) is 29.9 Å². The fourth-order valence-electron chi connectivity index (χ4n) is 4.95. The third kappa shape index (κ3) is 16.4. The van der Waals surface area contributed by atoms with Gasteiger partial charge >= 0.3 is 45.2 Å². The molecule has 14 nitrogen and oxygen atoms in total. The van der Waals surface area contributed by atoms with Crippen molar-refractivity contribution in [3.8, 4) is 0 Å². The first kappa shape index (κ1) is 55.3. The molecule has 0 bridgehead atoms. The van der Waals surface area contributed by atoms with E-state index in [1.165, 1.54) is 0 Å². The number of nitrogens with zero attached hydrogens (tertiary/aromatic N) is 6. The standard InChI is InChI=1S/C34H28N6.2CHF3O3S.2Cu.2H2O/c1-5-21-35-27(13-1)33(28-14-2-6-22-36-28)31-17-9-11-25(39-31)19-20-26-12-10-18-32(40-26)34(29-15-3-7-23-37-29)30-16-4-8-24-38-30;2*2-1(3,4)8(5,6)7;;;;/h1-18,21-24,33-34H,19-20H2;2*(H,5,6,7);;;2*1H2/q;;;2*+1;;/p-2. The van der Waals surface area contributed by atoms with Crippen molar-refractivity contribution in [3.63, 3.8) is 0 Å². The quantitative estimate of drug-likeness (QED) is 0.0831. The van der Waals surface area contributed by atoms with Crippen LogP contribution in [-0.2, 0) is 67.2 Å². The van der Waals surface area contributed by atoms with Gasteiger partial charge in [0, 0.05) is 36.2 Å². The van der Waals surface area contributed by atoms with Crippen molar-refractivity contribution in [1.29, 1.82) is 0 Å². The zero-order chi connectivity index (χ0) is 41.0. The van der Waals surface area contributed by atoms with E-state index in [0.29, 0.717) is 0 Å². The monoisotopic (exact) mass is 980 g/mol. The minimum atomic E-state index is -6.09. The Kier molecular flexibility index (Phi) is 22.6. The molecule has 0 atom stereocenters. The molecule has 0 aliphatic heterocycles. The summed E-state index contributed by atoms with van der Waals surface area (Å²) in [5.41, 5.74) is -3.71. The summed E-state index contributed by atoms with van der Waals surface area (Å²) >= 11 is 0. The topological polar surface area (TPSA) is 255 Å². The smallest absolute Gasteiger partial charge is 0.741 e. The number of hydrogen-bond donors (Lipinski definition) is 0. The van der Waals surface area contributed by atoms with E-state index in [1.54, 1.807) is 0 Å². The van der Waals surface area contributed by atoms with E-state index >= 15 is 0 Å². The maximum atomic E-state index is 10.7. The molecular weight excluding hydrogens is 950 g/mol. The Morgan fingerprint density at radius 1 is 0.433 bits per heavy atom. The first-order valence-corrected chi connectivity index (χ1v) is 18.8. The van der Waals surface area contributed by atoms with Gasteiger partial charge in [-0.2, -0.15) is 26.3 Å². The molecule has 0 saturated carbocycles. The van der Waals surface area contributed by atoms with E-state index in [4.69, 9.17) is 35.9 Å². The molecule has 0 saturated heterocycles. The van der Waals surface area contributed by atoms with Crippen molar-refractivity contribution in [2.24, 2.45) is 0 Å². The predicted molar refractivity (Wildman–Crippen MR) is 193 cm³/mol. The van der Waals surface area contributed by atoms with Crippen molar-refractivity contribution < 1.29 is 97.4 Å². The van der Waals surface area contributed by atoms with Crippen LogP contribution in [0.1, 0.15) is 57.4 Å². The van der Waals surface area contributed by atoms with Crippen LogP contribution < -0.4 is 0 Å². The number of pyridine rings is 6. The van der Waals surface area contributed by atoms with E-state index in [1.807, 2.05) is 97.6 Å². The largest absolute Gasteiger partial charge is 1.00 e. The Balaban J connectivity index is 0.00000149. The van der Waals surface area contributed by atoms with E-state index < -0.39 is 31.3 Å². The fourth-order valence-corrected chi connectivity index (χ4v) is 4.95. The van der Waals surface area contributed by atoms with Gasteiger partial charge in [0.05, 0.1) is 46.0 Å². The van der Waals surface area contributed by atoms with E-state index in [2.05, 4.69) is 56.3 Å². The number of alkyl halides is 6. The predicted octanol–water partition coefficient (Wildman–Crippen LogP) is 4.65. The van der Waals surface area contributed by atoms with Crippen LogP contribution >= 0.6 is 0 Å². The molecule has 6 aromatic heterocycles.